The van der Waals surface area contributed by atoms with Crippen LogP contribution in [0.2, 0.25) is 0 Å². The molecule has 164 valence electrons. The van der Waals surface area contributed by atoms with Gasteiger partial charge in [0.05, 0.1) is 23.4 Å². The normalized spacial score (nSPS) is 11.6. The van der Waals surface area contributed by atoms with Crippen molar-refractivity contribution in [2.45, 2.75) is 25.0 Å². The smallest absolute Gasteiger partial charge is 0.251 e. The van der Waals surface area contributed by atoms with E-state index in [1.807, 2.05) is 45.2 Å². The molecule has 32 heavy (non-hydrogen) atoms. The molecule has 0 saturated carbocycles. The van der Waals surface area contributed by atoms with Crippen molar-refractivity contribution in [3.05, 3.63) is 71.5 Å². The van der Waals surface area contributed by atoms with Gasteiger partial charge in [0, 0.05) is 18.3 Å². The van der Waals surface area contributed by atoms with Crippen LogP contribution < -0.4 is 10.6 Å². The fraction of sp³-hybridized carbons (Fsp3) is 0.261. The van der Waals surface area contributed by atoms with E-state index in [0.717, 1.165) is 0 Å². The molecule has 3 aromatic rings. The molecule has 0 unspecified atom stereocenters. The van der Waals surface area contributed by atoms with E-state index in [2.05, 4.69) is 20.8 Å². The number of aromatic nitrogens is 3. The number of rotatable bonds is 8. The molecule has 2 N–H and O–H groups in total. The summed E-state index contributed by atoms with van der Waals surface area (Å²) < 4.78 is 1.80. The first-order chi connectivity index (χ1) is 15.4. The summed E-state index contributed by atoms with van der Waals surface area (Å²) in [5, 5.41) is 23.7. The van der Waals surface area contributed by atoms with Crippen molar-refractivity contribution < 1.29 is 9.59 Å². The molecule has 0 aliphatic carbocycles. The minimum atomic E-state index is -0.331. The molecule has 0 fully saturated rings. The summed E-state index contributed by atoms with van der Waals surface area (Å²) in [5.74, 6) is 0.488. The Morgan fingerprint density at radius 1 is 1.09 bits per heavy atom. The quantitative estimate of drug-likeness (QED) is 0.510. The van der Waals surface area contributed by atoms with E-state index in [1.165, 1.54) is 11.8 Å². The molecule has 1 atom stereocenters. The second-order valence-electron chi connectivity index (χ2n) is 7.49. The Balaban J connectivity index is 1.64. The standard InChI is InChI=1S/C23H24N6O2S/c1-15(2)20(26-22(31)17-7-5-4-6-8-17)21-27-28-23(29(21)3)32-14-19(30)25-18-11-9-16(13-24)10-12-18/h4-12,15,20H,14H2,1-3H3,(H,25,30)(H,26,31)/t20-/m0/s1. The number of nitrogens with zero attached hydrogens (tertiary/aromatic N) is 4. The fourth-order valence-electron chi connectivity index (χ4n) is 3.02. The molecule has 0 aliphatic rings. The summed E-state index contributed by atoms with van der Waals surface area (Å²) in [5.41, 5.74) is 1.73. The molecule has 0 aliphatic heterocycles. The SMILES string of the molecule is CC(C)[C@H](NC(=O)c1ccccc1)c1nnc(SCC(=O)Nc2ccc(C#N)cc2)n1C. The summed E-state index contributed by atoms with van der Waals surface area (Å²) in [6, 6.07) is 17.4. The van der Waals surface area contributed by atoms with E-state index in [0.29, 0.717) is 27.8 Å². The molecule has 8 nitrogen and oxygen atoms in total. The van der Waals surface area contributed by atoms with Gasteiger partial charge in [-0.15, -0.1) is 10.2 Å². The highest BCUT2D eigenvalue weighted by molar-refractivity contribution is 7.99. The van der Waals surface area contributed by atoms with Crippen molar-refractivity contribution in [3.63, 3.8) is 0 Å². The van der Waals surface area contributed by atoms with Crippen molar-refractivity contribution in [1.82, 2.24) is 20.1 Å². The zero-order chi connectivity index (χ0) is 23.1. The first-order valence-electron chi connectivity index (χ1n) is 10.1. The number of thioether (sulfide) groups is 1. The molecule has 3 rings (SSSR count). The highest BCUT2D eigenvalue weighted by atomic mass is 32.2. The fourth-order valence-corrected chi connectivity index (χ4v) is 3.74. The average molecular weight is 449 g/mol. The predicted molar refractivity (Wildman–Crippen MR) is 123 cm³/mol. The third-order valence-corrected chi connectivity index (χ3v) is 5.79. The van der Waals surface area contributed by atoms with Gasteiger partial charge < -0.3 is 15.2 Å². The summed E-state index contributed by atoms with van der Waals surface area (Å²) in [6.07, 6.45) is 0. The van der Waals surface area contributed by atoms with Crippen molar-refractivity contribution in [2.75, 3.05) is 11.1 Å². The Bertz CT molecular complexity index is 1120. The zero-order valence-corrected chi connectivity index (χ0v) is 18.9. The van der Waals surface area contributed by atoms with Crippen LogP contribution in [0.25, 0.3) is 0 Å². The Hall–Kier alpha value is -3.64. The topological polar surface area (TPSA) is 113 Å². The molecular formula is C23H24N6O2S. The highest BCUT2D eigenvalue weighted by Crippen LogP contribution is 2.24. The van der Waals surface area contributed by atoms with E-state index in [9.17, 15) is 9.59 Å². The zero-order valence-electron chi connectivity index (χ0n) is 18.1. The lowest BCUT2D eigenvalue weighted by Crippen LogP contribution is -2.33. The van der Waals surface area contributed by atoms with Gasteiger partial charge in [0.15, 0.2) is 11.0 Å². The minimum Gasteiger partial charge on any atom is -0.342 e. The van der Waals surface area contributed by atoms with Gasteiger partial charge in [-0.1, -0.05) is 43.8 Å². The lowest BCUT2D eigenvalue weighted by molar-refractivity contribution is -0.113. The molecule has 2 amide bonds. The van der Waals surface area contributed by atoms with E-state index < -0.39 is 0 Å². The lowest BCUT2D eigenvalue weighted by Gasteiger charge is -2.21. The van der Waals surface area contributed by atoms with Gasteiger partial charge >= 0.3 is 0 Å². The van der Waals surface area contributed by atoms with Crippen molar-refractivity contribution in [2.24, 2.45) is 13.0 Å². The minimum absolute atomic E-state index is 0.0862. The van der Waals surface area contributed by atoms with Crippen LogP contribution in [0.4, 0.5) is 5.69 Å². The third kappa shape index (κ3) is 5.74. The average Bonchev–Trinajstić information content (AvgIpc) is 3.16. The highest BCUT2D eigenvalue weighted by Gasteiger charge is 2.25. The van der Waals surface area contributed by atoms with Gasteiger partial charge in [-0.05, 0) is 42.3 Å². The number of anilines is 1. The molecule has 0 bridgehead atoms. The summed E-state index contributed by atoms with van der Waals surface area (Å²) in [6.45, 7) is 4.00. The molecule has 0 radical (unpaired) electrons. The number of carbonyl (C=O) groups is 2. The lowest BCUT2D eigenvalue weighted by atomic mass is 10.0. The van der Waals surface area contributed by atoms with Gasteiger partial charge in [-0.2, -0.15) is 5.26 Å². The Labute approximate surface area is 191 Å². The summed E-state index contributed by atoms with van der Waals surface area (Å²) >= 11 is 1.26. The van der Waals surface area contributed by atoms with Crippen LogP contribution in [0.15, 0.2) is 59.8 Å². The van der Waals surface area contributed by atoms with Crippen LogP contribution in [0.5, 0.6) is 0 Å². The molecule has 0 saturated heterocycles. The number of carbonyl (C=O) groups excluding carboxylic acids is 2. The number of amides is 2. The molecule has 1 heterocycles. The number of nitrogens with one attached hydrogen (secondary N) is 2. The van der Waals surface area contributed by atoms with E-state index in [4.69, 9.17) is 5.26 Å². The Kier molecular flexibility index (Phi) is 7.63. The molecule has 2 aromatic carbocycles. The molecule has 0 spiro atoms. The van der Waals surface area contributed by atoms with Crippen molar-refractivity contribution in [3.8, 4) is 6.07 Å². The second-order valence-corrected chi connectivity index (χ2v) is 8.43. The predicted octanol–water partition coefficient (Wildman–Crippen LogP) is 3.54. The van der Waals surface area contributed by atoms with Gasteiger partial charge in [0.2, 0.25) is 5.91 Å². The Morgan fingerprint density at radius 2 is 1.78 bits per heavy atom. The summed E-state index contributed by atoms with van der Waals surface area (Å²) in [4.78, 5) is 24.9. The van der Waals surface area contributed by atoms with Crippen molar-refractivity contribution in [1.29, 1.82) is 5.26 Å². The molecular weight excluding hydrogens is 424 g/mol. The first-order valence-corrected chi connectivity index (χ1v) is 11.1. The van der Waals surface area contributed by atoms with Gasteiger partial charge in [-0.25, -0.2) is 0 Å². The van der Waals surface area contributed by atoms with Crippen LogP contribution in [-0.4, -0.2) is 32.3 Å². The van der Waals surface area contributed by atoms with Gasteiger partial charge in [-0.3, -0.25) is 9.59 Å². The molecule has 9 heteroatoms. The maximum Gasteiger partial charge on any atom is 0.251 e. The largest absolute Gasteiger partial charge is 0.342 e. The number of nitriles is 1. The van der Waals surface area contributed by atoms with Crippen LogP contribution in [0, 0.1) is 17.2 Å². The van der Waals surface area contributed by atoms with Crippen LogP contribution in [0.3, 0.4) is 0 Å². The van der Waals surface area contributed by atoms with Crippen LogP contribution >= 0.6 is 11.8 Å². The van der Waals surface area contributed by atoms with E-state index >= 15 is 0 Å². The molecule has 1 aromatic heterocycles. The van der Waals surface area contributed by atoms with E-state index in [1.54, 1.807) is 41.0 Å². The third-order valence-electron chi connectivity index (χ3n) is 4.77. The first kappa shape index (κ1) is 23.0. The second kappa shape index (κ2) is 10.6. The maximum absolute atomic E-state index is 12.6. The summed E-state index contributed by atoms with van der Waals surface area (Å²) in [7, 11) is 1.82. The number of hydrogen-bond acceptors (Lipinski definition) is 6. The maximum atomic E-state index is 12.6. The van der Waals surface area contributed by atoms with Gasteiger partial charge in [0.25, 0.3) is 5.91 Å². The number of benzene rings is 2. The van der Waals surface area contributed by atoms with Crippen LogP contribution in [-0.2, 0) is 11.8 Å². The Morgan fingerprint density at radius 3 is 2.41 bits per heavy atom. The van der Waals surface area contributed by atoms with Gasteiger partial charge in [0.1, 0.15) is 0 Å². The number of hydrogen-bond donors (Lipinski definition) is 2. The van der Waals surface area contributed by atoms with Crippen molar-refractivity contribution >= 4 is 29.3 Å². The van der Waals surface area contributed by atoms with Crippen LogP contribution in [0.1, 0.15) is 41.6 Å². The monoisotopic (exact) mass is 448 g/mol. The van der Waals surface area contributed by atoms with E-state index in [-0.39, 0.29) is 29.5 Å².